The summed E-state index contributed by atoms with van der Waals surface area (Å²) < 4.78 is 11.0. The van der Waals surface area contributed by atoms with Crippen LogP contribution in [0.5, 0.6) is 5.75 Å². The lowest BCUT2D eigenvalue weighted by molar-refractivity contribution is 0.107. The number of ether oxygens (including phenoxy) is 2. The number of aliphatic hydroxyl groups excluding tert-OH is 1. The van der Waals surface area contributed by atoms with Gasteiger partial charge in [-0.2, -0.15) is 0 Å². The normalized spacial score (nSPS) is 21.1. The maximum Gasteiger partial charge on any atom is 0.123 e. The van der Waals surface area contributed by atoms with Crippen molar-refractivity contribution in [2.75, 3.05) is 27.4 Å². The standard InChI is InChI=1S/C19H24N2O3/c1-23-18-10-17(13-22)21(12-18)11-16-9-15(3-4-19(16)24-2)14-5-7-20-8-6-14/h3-9,17-18,22H,10-13H2,1-2H3/t17-,18+/m0/s1. The van der Waals surface area contributed by atoms with Crippen LogP contribution in [0.1, 0.15) is 12.0 Å². The molecule has 3 rings (SSSR count). The van der Waals surface area contributed by atoms with Gasteiger partial charge in [-0.1, -0.05) is 6.07 Å². The number of nitrogens with zero attached hydrogens (tertiary/aromatic N) is 2. The first-order valence-electron chi connectivity index (χ1n) is 8.20. The fourth-order valence-electron chi connectivity index (χ4n) is 3.34. The lowest BCUT2D eigenvalue weighted by atomic mass is 10.0. The molecule has 0 radical (unpaired) electrons. The summed E-state index contributed by atoms with van der Waals surface area (Å²) in [5, 5.41) is 9.65. The third kappa shape index (κ3) is 3.59. The summed E-state index contributed by atoms with van der Waals surface area (Å²) in [5.41, 5.74) is 3.38. The van der Waals surface area contributed by atoms with Crippen molar-refractivity contribution in [1.82, 2.24) is 9.88 Å². The zero-order chi connectivity index (χ0) is 16.9. The van der Waals surface area contributed by atoms with E-state index < -0.39 is 0 Å². The first kappa shape index (κ1) is 16.9. The highest BCUT2D eigenvalue weighted by Gasteiger charge is 2.32. The Hall–Kier alpha value is -1.95. The van der Waals surface area contributed by atoms with Crippen molar-refractivity contribution < 1.29 is 14.6 Å². The summed E-state index contributed by atoms with van der Waals surface area (Å²) >= 11 is 0. The van der Waals surface area contributed by atoms with E-state index in [9.17, 15) is 5.11 Å². The summed E-state index contributed by atoms with van der Waals surface area (Å²) in [6.07, 6.45) is 4.63. The highest BCUT2D eigenvalue weighted by molar-refractivity contribution is 5.65. The number of hydrogen-bond donors (Lipinski definition) is 1. The van der Waals surface area contributed by atoms with Gasteiger partial charge in [0.25, 0.3) is 0 Å². The Morgan fingerprint density at radius 3 is 2.62 bits per heavy atom. The molecule has 0 aliphatic carbocycles. The van der Waals surface area contributed by atoms with Gasteiger partial charge in [-0.3, -0.25) is 9.88 Å². The number of benzene rings is 1. The molecule has 0 unspecified atom stereocenters. The Morgan fingerprint density at radius 1 is 1.17 bits per heavy atom. The highest BCUT2D eigenvalue weighted by Crippen LogP contribution is 2.30. The Morgan fingerprint density at radius 2 is 1.96 bits per heavy atom. The monoisotopic (exact) mass is 328 g/mol. The van der Waals surface area contributed by atoms with E-state index in [0.717, 1.165) is 42.0 Å². The molecule has 1 aromatic carbocycles. The quantitative estimate of drug-likeness (QED) is 0.882. The molecule has 1 aliphatic heterocycles. The van der Waals surface area contributed by atoms with Crippen LogP contribution in [-0.2, 0) is 11.3 Å². The minimum absolute atomic E-state index is 0.129. The molecule has 5 heteroatoms. The van der Waals surface area contributed by atoms with Crippen LogP contribution in [0.25, 0.3) is 11.1 Å². The molecule has 1 aliphatic rings. The molecule has 2 heterocycles. The van der Waals surface area contributed by atoms with Crippen LogP contribution in [0.15, 0.2) is 42.7 Å². The summed E-state index contributed by atoms with van der Waals surface area (Å²) in [7, 11) is 3.42. The molecule has 0 amide bonds. The summed E-state index contributed by atoms with van der Waals surface area (Å²) in [6, 6.07) is 10.3. The van der Waals surface area contributed by atoms with E-state index in [4.69, 9.17) is 9.47 Å². The number of rotatable bonds is 6. The fourth-order valence-corrected chi connectivity index (χ4v) is 3.34. The van der Waals surface area contributed by atoms with Gasteiger partial charge in [-0.05, 0) is 41.8 Å². The lowest BCUT2D eigenvalue weighted by Crippen LogP contribution is -2.32. The molecule has 1 fully saturated rings. The van der Waals surface area contributed by atoms with Gasteiger partial charge >= 0.3 is 0 Å². The van der Waals surface area contributed by atoms with Crippen LogP contribution in [0.4, 0.5) is 0 Å². The van der Waals surface area contributed by atoms with Crippen LogP contribution < -0.4 is 4.74 Å². The second-order valence-corrected chi connectivity index (χ2v) is 6.12. The Bertz CT molecular complexity index is 663. The van der Waals surface area contributed by atoms with E-state index in [0.29, 0.717) is 0 Å². The Balaban J connectivity index is 1.86. The van der Waals surface area contributed by atoms with E-state index in [1.165, 1.54) is 0 Å². The molecule has 0 saturated carbocycles. The summed E-state index contributed by atoms with van der Waals surface area (Å²) in [5.74, 6) is 0.866. The van der Waals surface area contributed by atoms with E-state index >= 15 is 0 Å². The van der Waals surface area contributed by atoms with Gasteiger partial charge in [-0.15, -0.1) is 0 Å². The minimum Gasteiger partial charge on any atom is -0.496 e. The Labute approximate surface area is 142 Å². The summed E-state index contributed by atoms with van der Waals surface area (Å²) in [4.78, 5) is 6.34. The average molecular weight is 328 g/mol. The van der Waals surface area contributed by atoms with Crippen molar-refractivity contribution >= 4 is 0 Å². The first-order valence-corrected chi connectivity index (χ1v) is 8.20. The van der Waals surface area contributed by atoms with Gasteiger partial charge in [0.05, 0.1) is 19.8 Å². The lowest BCUT2D eigenvalue weighted by Gasteiger charge is -2.23. The number of hydrogen-bond acceptors (Lipinski definition) is 5. The first-order chi connectivity index (χ1) is 11.7. The van der Waals surface area contributed by atoms with Gasteiger partial charge in [0.2, 0.25) is 0 Å². The van der Waals surface area contributed by atoms with Crippen LogP contribution >= 0.6 is 0 Å². The zero-order valence-electron chi connectivity index (χ0n) is 14.2. The fraction of sp³-hybridized carbons (Fsp3) is 0.421. The SMILES string of the molecule is COc1ccc(-c2ccncc2)cc1CN1C[C@H](OC)C[C@H]1CO. The van der Waals surface area contributed by atoms with Crippen molar-refractivity contribution in [3.63, 3.8) is 0 Å². The maximum absolute atomic E-state index is 9.65. The predicted molar refractivity (Wildman–Crippen MR) is 92.9 cm³/mol. The molecule has 5 nitrogen and oxygen atoms in total. The number of methoxy groups -OCH3 is 2. The largest absolute Gasteiger partial charge is 0.496 e. The van der Waals surface area contributed by atoms with Crippen LogP contribution in [-0.4, -0.2) is 54.5 Å². The highest BCUT2D eigenvalue weighted by atomic mass is 16.5. The minimum atomic E-state index is 0.129. The second kappa shape index (κ2) is 7.75. The number of aromatic nitrogens is 1. The molecule has 128 valence electrons. The van der Waals surface area contributed by atoms with Gasteiger partial charge in [-0.25, -0.2) is 0 Å². The number of aliphatic hydroxyl groups is 1. The molecule has 0 bridgehead atoms. The van der Waals surface area contributed by atoms with Crippen molar-refractivity contribution in [2.45, 2.75) is 25.1 Å². The third-order valence-electron chi connectivity index (χ3n) is 4.70. The van der Waals surface area contributed by atoms with Crippen molar-refractivity contribution in [2.24, 2.45) is 0 Å². The van der Waals surface area contributed by atoms with Crippen LogP contribution in [0.3, 0.4) is 0 Å². The molecular weight excluding hydrogens is 304 g/mol. The zero-order valence-corrected chi connectivity index (χ0v) is 14.2. The van der Waals surface area contributed by atoms with Crippen molar-refractivity contribution in [3.05, 3.63) is 48.3 Å². The third-order valence-corrected chi connectivity index (χ3v) is 4.70. The number of pyridine rings is 1. The van der Waals surface area contributed by atoms with E-state index in [1.54, 1.807) is 26.6 Å². The Kier molecular flexibility index (Phi) is 5.45. The van der Waals surface area contributed by atoms with Gasteiger partial charge < -0.3 is 14.6 Å². The number of likely N-dealkylation sites (tertiary alicyclic amines) is 1. The molecule has 2 aromatic rings. The van der Waals surface area contributed by atoms with E-state index in [2.05, 4.69) is 22.0 Å². The molecule has 1 N–H and O–H groups in total. The van der Waals surface area contributed by atoms with Crippen molar-refractivity contribution in [1.29, 1.82) is 0 Å². The predicted octanol–water partition coefficient (Wildman–Crippen LogP) is 2.34. The summed E-state index contributed by atoms with van der Waals surface area (Å²) in [6.45, 7) is 1.70. The van der Waals surface area contributed by atoms with E-state index in [1.807, 2.05) is 18.2 Å². The molecule has 1 aromatic heterocycles. The topological polar surface area (TPSA) is 54.8 Å². The molecule has 0 spiro atoms. The average Bonchev–Trinajstić information content (AvgIpc) is 3.04. The molecule has 1 saturated heterocycles. The van der Waals surface area contributed by atoms with Gasteiger partial charge in [0.1, 0.15) is 5.75 Å². The molecule has 24 heavy (non-hydrogen) atoms. The van der Waals surface area contributed by atoms with Gasteiger partial charge in [0, 0.05) is 44.2 Å². The maximum atomic E-state index is 9.65. The molecule has 2 atom stereocenters. The van der Waals surface area contributed by atoms with E-state index in [-0.39, 0.29) is 18.8 Å². The van der Waals surface area contributed by atoms with Crippen LogP contribution in [0, 0.1) is 0 Å². The molecular formula is C19H24N2O3. The smallest absolute Gasteiger partial charge is 0.123 e. The second-order valence-electron chi connectivity index (χ2n) is 6.12. The van der Waals surface area contributed by atoms with Gasteiger partial charge in [0.15, 0.2) is 0 Å². The van der Waals surface area contributed by atoms with Crippen molar-refractivity contribution in [3.8, 4) is 16.9 Å². The van der Waals surface area contributed by atoms with Crippen LogP contribution in [0.2, 0.25) is 0 Å².